The van der Waals surface area contributed by atoms with Crippen LogP contribution in [-0.4, -0.2) is 14.1 Å². The quantitative estimate of drug-likeness (QED) is 0.168. The molecular weight excluding hydrogens is 679 g/mol. The topological polar surface area (TPSA) is 22.8 Å². The van der Waals surface area contributed by atoms with E-state index in [1.165, 1.54) is 54.7 Å². The predicted octanol–water partition coefficient (Wildman–Crippen LogP) is 13.9. The molecular formula is C53H35N3. The monoisotopic (exact) mass is 713 g/mol. The van der Waals surface area contributed by atoms with Crippen LogP contribution < -0.4 is 0 Å². The van der Waals surface area contributed by atoms with Crippen molar-refractivity contribution in [1.82, 2.24) is 14.1 Å². The van der Waals surface area contributed by atoms with Crippen LogP contribution in [0.5, 0.6) is 0 Å². The molecule has 0 aliphatic rings. The van der Waals surface area contributed by atoms with E-state index in [1.807, 2.05) is 0 Å². The van der Waals surface area contributed by atoms with Crippen LogP contribution in [-0.2, 0) is 0 Å². The van der Waals surface area contributed by atoms with Crippen molar-refractivity contribution in [2.45, 2.75) is 0 Å². The van der Waals surface area contributed by atoms with Crippen LogP contribution in [0, 0.1) is 0 Å². The van der Waals surface area contributed by atoms with Gasteiger partial charge in [-0.3, -0.25) is 0 Å². The summed E-state index contributed by atoms with van der Waals surface area (Å²) in [6.45, 7) is 0. The van der Waals surface area contributed by atoms with Gasteiger partial charge in [0.1, 0.15) is 0 Å². The summed E-state index contributed by atoms with van der Waals surface area (Å²) in [5, 5.41) is 4.98. The van der Waals surface area contributed by atoms with Gasteiger partial charge >= 0.3 is 0 Å². The molecule has 11 rings (SSSR count). The van der Waals surface area contributed by atoms with Crippen molar-refractivity contribution in [1.29, 1.82) is 0 Å². The summed E-state index contributed by atoms with van der Waals surface area (Å²) in [5.74, 6) is 0. The fourth-order valence-corrected chi connectivity index (χ4v) is 8.47. The van der Waals surface area contributed by atoms with E-state index in [-0.39, 0.29) is 0 Å². The zero-order chi connectivity index (χ0) is 37.0. The fourth-order valence-electron chi connectivity index (χ4n) is 8.47. The number of pyridine rings is 1. The number of hydrogen-bond donors (Lipinski definition) is 0. The Morgan fingerprint density at radius 1 is 0.250 bits per heavy atom. The standard InChI is InChI=1S/C53H35N3/c1-4-15-36(16-5-1)48-32-41(33-49(54-48)37-17-6-2-7-18-37)38-19-14-22-43(31-38)56-51-26-13-11-24-45(51)47-30-28-40(35-53(47)56)39-27-29-46-44-23-10-12-25-50(44)55(52(46)34-39)42-20-8-3-9-21-42/h1-35H. The molecule has 0 unspecified atom stereocenters. The molecule has 8 aromatic carbocycles. The van der Waals surface area contributed by atoms with E-state index in [2.05, 4.69) is 221 Å². The van der Waals surface area contributed by atoms with E-state index in [9.17, 15) is 0 Å². The smallest absolute Gasteiger partial charge is 0.0715 e. The van der Waals surface area contributed by atoms with Gasteiger partial charge in [-0.05, 0) is 82.9 Å². The van der Waals surface area contributed by atoms with Crippen molar-refractivity contribution in [2.75, 3.05) is 0 Å². The molecule has 3 aromatic heterocycles. The van der Waals surface area contributed by atoms with Gasteiger partial charge in [0.25, 0.3) is 0 Å². The highest BCUT2D eigenvalue weighted by Crippen LogP contribution is 2.39. The van der Waals surface area contributed by atoms with Crippen molar-refractivity contribution in [3.63, 3.8) is 0 Å². The van der Waals surface area contributed by atoms with Crippen LogP contribution in [0.3, 0.4) is 0 Å². The molecule has 0 saturated carbocycles. The summed E-state index contributed by atoms with van der Waals surface area (Å²) in [7, 11) is 0. The molecule has 0 aliphatic heterocycles. The van der Waals surface area contributed by atoms with Crippen molar-refractivity contribution in [2.24, 2.45) is 0 Å². The van der Waals surface area contributed by atoms with Crippen molar-refractivity contribution >= 4 is 43.6 Å². The largest absolute Gasteiger partial charge is 0.309 e. The van der Waals surface area contributed by atoms with Crippen LogP contribution in [0.2, 0.25) is 0 Å². The minimum Gasteiger partial charge on any atom is -0.309 e. The lowest BCUT2D eigenvalue weighted by Gasteiger charge is -2.13. The van der Waals surface area contributed by atoms with E-state index in [0.29, 0.717) is 0 Å². The lowest BCUT2D eigenvalue weighted by molar-refractivity contribution is 1.18. The third kappa shape index (κ3) is 5.32. The van der Waals surface area contributed by atoms with Gasteiger partial charge in [-0.25, -0.2) is 4.98 Å². The van der Waals surface area contributed by atoms with E-state index in [0.717, 1.165) is 45.0 Å². The van der Waals surface area contributed by atoms with Gasteiger partial charge in [0.15, 0.2) is 0 Å². The number of rotatable bonds is 6. The van der Waals surface area contributed by atoms with Crippen LogP contribution in [0.15, 0.2) is 212 Å². The van der Waals surface area contributed by atoms with Crippen LogP contribution in [0.4, 0.5) is 0 Å². The molecule has 0 amide bonds. The minimum absolute atomic E-state index is 0.956. The Morgan fingerprint density at radius 3 is 1.21 bits per heavy atom. The lowest BCUT2D eigenvalue weighted by Crippen LogP contribution is -1.96. The average molecular weight is 714 g/mol. The van der Waals surface area contributed by atoms with E-state index in [4.69, 9.17) is 4.98 Å². The summed E-state index contributed by atoms with van der Waals surface area (Å²) < 4.78 is 4.81. The number of fused-ring (bicyclic) bond motifs is 6. The predicted molar refractivity (Wildman–Crippen MR) is 235 cm³/mol. The molecule has 0 fully saturated rings. The van der Waals surface area contributed by atoms with Gasteiger partial charge in [0, 0.05) is 44.0 Å². The number of aromatic nitrogens is 3. The van der Waals surface area contributed by atoms with E-state index < -0.39 is 0 Å². The Bertz CT molecular complexity index is 3170. The van der Waals surface area contributed by atoms with Crippen molar-refractivity contribution in [3.05, 3.63) is 212 Å². The van der Waals surface area contributed by atoms with Gasteiger partial charge < -0.3 is 9.13 Å². The molecule has 262 valence electrons. The Balaban J connectivity index is 1.08. The highest BCUT2D eigenvalue weighted by molar-refractivity contribution is 6.12. The van der Waals surface area contributed by atoms with Gasteiger partial charge in [-0.15, -0.1) is 0 Å². The number of benzene rings is 8. The number of nitrogens with zero attached hydrogens (tertiary/aromatic N) is 3. The summed E-state index contributed by atoms with van der Waals surface area (Å²) in [6.07, 6.45) is 0. The molecule has 0 bridgehead atoms. The van der Waals surface area contributed by atoms with Crippen LogP contribution in [0.1, 0.15) is 0 Å². The average Bonchev–Trinajstić information content (AvgIpc) is 3.79. The maximum Gasteiger partial charge on any atom is 0.0715 e. The summed E-state index contributed by atoms with van der Waals surface area (Å²) in [6, 6.07) is 76.3. The maximum atomic E-state index is 5.14. The van der Waals surface area contributed by atoms with E-state index in [1.54, 1.807) is 0 Å². The Hall–Kier alpha value is -7.49. The highest BCUT2D eigenvalue weighted by atomic mass is 15.0. The molecule has 0 atom stereocenters. The number of hydrogen-bond acceptors (Lipinski definition) is 1. The Morgan fingerprint density at radius 2 is 0.661 bits per heavy atom. The molecule has 3 heterocycles. The SMILES string of the molecule is c1ccc(-c2cc(-c3cccc(-n4c5ccccc5c5ccc(-c6ccc7c8ccccc8n(-c8ccccc8)c7c6)cc54)c3)cc(-c3ccccc3)n2)cc1. The first-order valence-corrected chi connectivity index (χ1v) is 19.1. The molecule has 0 spiro atoms. The first kappa shape index (κ1) is 32.0. The molecule has 0 N–H and O–H groups in total. The van der Waals surface area contributed by atoms with Gasteiger partial charge in [-0.2, -0.15) is 0 Å². The first-order chi connectivity index (χ1) is 27.8. The zero-order valence-corrected chi connectivity index (χ0v) is 30.5. The first-order valence-electron chi connectivity index (χ1n) is 19.1. The maximum absolute atomic E-state index is 5.14. The van der Waals surface area contributed by atoms with Gasteiger partial charge in [0.05, 0.1) is 33.5 Å². The molecule has 0 radical (unpaired) electrons. The molecule has 3 nitrogen and oxygen atoms in total. The molecule has 0 saturated heterocycles. The molecule has 3 heteroatoms. The second kappa shape index (κ2) is 13.1. The second-order valence-corrected chi connectivity index (χ2v) is 14.4. The van der Waals surface area contributed by atoms with Gasteiger partial charge in [0.2, 0.25) is 0 Å². The zero-order valence-electron chi connectivity index (χ0n) is 30.5. The minimum atomic E-state index is 0.956. The second-order valence-electron chi connectivity index (χ2n) is 14.4. The lowest BCUT2D eigenvalue weighted by atomic mass is 9.99. The van der Waals surface area contributed by atoms with Crippen LogP contribution >= 0.6 is 0 Å². The number of para-hydroxylation sites is 3. The summed E-state index contributed by atoms with van der Waals surface area (Å²) >= 11 is 0. The Labute approximate surface area is 325 Å². The molecule has 0 aliphatic carbocycles. The third-order valence-electron chi connectivity index (χ3n) is 11.1. The summed E-state index contributed by atoms with van der Waals surface area (Å²) in [5.41, 5.74) is 15.8. The summed E-state index contributed by atoms with van der Waals surface area (Å²) in [4.78, 5) is 5.14. The van der Waals surface area contributed by atoms with Gasteiger partial charge in [-0.1, -0.05) is 152 Å². The van der Waals surface area contributed by atoms with Crippen molar-refractivity contribution in [3.8, 4) is 56.1 Å². The van der Waals surface area contributed by atoms with Crippen molar-refractivity contribution < 1.29 is 0 Å². The van der Waals surface area contributed by atoms with E-state index >= 15 is 0 Å². The van der Waals surface area contributed by atoms with Crippen LogP contribution in [0.25, 0.3) is 99.8 Å². The fraction of sp³-hybridized carbons (Fsp3) is 0. The Kier molecular flexibility index (Phi) is 7.49. The third-order valence-corrected chi connectivity index (χ3v) is 11.1. The molecule has 56 heavy (non-hydrogen) atoms. The highest BCUT2D eigenvalue weighted by Gasteiger charge is 2.17. The normalized spacial score (nSPS) is 11.6. The molecule has 11 aromatic rings.